The minimum absolute atomic E-state index is 0.0517. The molecule has 0 atom stereocenters. The highest BCUT2D eigenvalue weighted by Crippen LogP contribution is 2.22. The van der Waals surface area contributed by atoms with Crippen LogP contribution in [0.5, 0.6) is 5.75 Å². The van der Waals surface area contributed by atoms with Crippen LogP contribution in [-0.4, -0.2) is 27.8 Å². The van der Waals surface area contributed by atoms with Gasteiger partial charge in [-0.05, 0) is 24.3 Å². The number of ether oxygens (including phenoxy) is 1. The Morgan fingerprint density at radius 1 is 0.897 bits per heavy atom. The summed E-state index contributed by atoms with van der Waals surface area (Å²) in [5, 5.41) is 7.48. The number of benzene rings is 3. The first-order chi connectivity index (χ1) is 14.2. The number of anilines is 1. The molecule has 0 fully saturated rings. The van der Waals surface area contributed by atoms with Gasteiger partial charge in [-0.3, -0.25) is 4.79 Å². The molecule has 1 heterocycles. The Morgan fingerprint density at radius 3 is 2.14 bits per heavy atom. The number of carbonyl (C=O) groups excluding carboxylic acids is 1. The summed E-state index contributed by atoms with van der Waals surface area (Å²) in [6, 6.07) is 26.6. The molecule has 3 aromatic carbocycles. The van der Waals surface area contributed by atoms with Crippen molar-refractivity contribution in [1.82, 2.24) is 14.8 Å². The lowest BCUT2D eigenvalue weighted by atomic mass is 10.2. The molecule has 29 heavy (non-hydrogen) atoms. The Labute approximate surface area is 168 Å². The van der Waals surface area contributed by atoms with Gasteiger partial charge in [0.2, 0.25) is 5.91 Å². The minimum Gasteiger partial charge on any atom is -0.497 e. The Balaban J connectivity index is 1.61. The Bertz CT molecular complexity index is 1090. The molecule has 4 aromatic rings. The normalized spacial score (nSPS) is 10.5. The maximum Gasteiger partial charge on any atom is 0.246 e. The summed E-state index contributed by atoms with van der Waals surface area (Å²) in [5.41, 5.74) is 2.50. The van der Waals surface area contributed by atoms with Gasteiger partial charge in [0, 0.05) is 16.8 Å². The van der Waals surface area contributed by atoms with Gasteiger partial charge in [0.05, 0.1) is 7.11 Å². The quantitative estimate of drug-likeness (QED) is 0.539. The summed E-state index contributed by atoms with van der Waals surface area (Å²) in [4.78, 5) is 17.3. The molecule has 0 saturated heterocycles. The van der Waals surface area contributed by atoms with Gasteiger partial charge in [-0.25, -0.2) is 9.67 Å². The van der Waals surface area contributed by atoms with Crippen LogP contribution < -0.4 is 10.1 Å². The van der Waals surface area contributed by atoms with Crippen molar-refractivity contribution in [2.24, 2.45) is 0 Å². The van der Waals surface area contributed by atoms with Crippen LogP contribution in [0.15, 0.2) is 84.9 Å². The maximum absolute atomic E-state index is 12.6. The summed E-state index contributed by atoms with van der Waals surface area (Å²) in [6.07, 6.45) is 0. The predicted octanol–water partition coefficient (Wildman–Crippen LogP) is 4.26. The summed E-state index contributed by atoms with van der Waals surface area (Å²) in [6.45, 7) is 0.0517. The van der Waals surface area contributed by atoms with Gasteiger partial charge in [-0.15, -0.1) is 5.10 Å². The molecule has 1 N–H and O–H groups in total. The number of hydrogen-bond donors (Lipinski definition) is 1. The first kappa shape index (κ1) is 18.4. The molecule has 6 nitrogen and oxygen atoms in total. The number of nitrogens with one attached hydrogen (secondary N) is 1. The average molecular weight is 384 g/mol. The second-order valence-electron chi connectivity index (χ2n) is 6.43. The Kier molecular flexibility index (Phi) is 5.33. The smallest absolute Gasteiger partial charge is 0.246 e. The maximum atomic E-state index is 12.6. The van der Waals surface area contributed by atoms with E-state index in [1.165, 1.54) is 0 Å². The number of amides is 1. The van der Waals surface area contributed by atoms with Crippen LogP contribution in [-0.2, 0) is 11.3 Å². The molecule has 1 amide bonds. The SMILES string of the molecule is COc1ccc(NC(=O)Cn2nc(-c3ccccc3)nc2-c2ccccc2)cc1. The van der Waals surface area contributed by atoms with Crippen LogP contribution in [0.3, 0.4) is 0 Å². The van der Waals surface area contributed by atoms with Crippen LogP contribution in [0, 0.1) is 0 Å². The number of nitrogens with zero attached hydrogens (tertiary/aromatic N) is 3. The molecular formula is C23H20N4O2. The standard InChI is InChI=1S/C23H20N4O2/c1-29-20-14-12-19(13-15-20)24-21(28)16-27-23(18-10-6-3-7-11-18)25-22(26-27)17-8-4-2-5-9-17/h2-15H,16H2,1H3,(H,24,28). The van der Waals surface area contributed by atoms with E-state index < -0.39 is 0 Å². The molecule has 0 bridgehead atoms. The van der Waals surface area contributed by atoms with E-state index in [0.29, 0.717) is 17.3 Å². The molecule has 1 aromatic heterocycles. The lowest BCUT2D eigenvalue weighted by Gasteiger charge is -2.08. The molecule has 0 radical (unpaired) electrons. The van der Waals surface area contributed by atoms with E-state index in [-0.39, 0.29) is 12.5 Å². The van der Waals surface area contributed by atoms with E-state index in [1.54, 1.807) is 36.1 Å². The molecule has 6 heteroatoms. The van der Waals surface area contributed by atoms with Crippen molar-refractivity contribution >= 4 is 11.6 Å². The zero-order chi connectivity index (χ0) is 20.1. The largest absolute Gasteiger partial charge is 0.497 e. The third-order valence-electron chi connectivity index (χ3n) is 4.40. The first-order valence-electron chi connectivity index (χ1n) is 9.22. The number of carbonyl (C=O) groups is 1. The van der Waals surface area contributed by atoms with Gasteiger partial charge in [0.15, 0.2) is 11.6 Å². The highest BCUT2D eigenvalue weighted by atomic mass is 16.5. The highest BCUT2D eigenvalue weighted by Gasteiger charge is 2.16. The summed E-state index contributed by atoms with van der Waals surface area (Å²) < 4.78 is 6.78. The van der Waals surface area contributed by atoms with E-state index in [9.17, 15) is 4.79 Å². The van der Waals surface area contributed by atoms with E-state index in [1.807, 2.05) is 60.7 Å². The van der Waals surface area contributed by atoms with Gasteiger partial charge in [0.1, 0.15) is 12.3 Å². The van der Waals surface area contributed by atoms with Gasteiger partial charge in [-0.2, -0.15) is 0 Å². The number of hydrogen-bond acceptors (Lipinski definition) is 4. The highest BCUT2D eigenvalue weighted by molar-refractivity contribution is 5.90. The van der Waals surface area contributed by atoms with Crippen molar-refractivity contribution in [1.29, 1.82) is 0 Å². The molecule has 0 unspecified atom stereocenters. The number of rotatable bonds is 6. The van der Waals surface area contributed by atoms with Crippen LogP contribution in [0.4, 0.5) is 5.69 Å². The zero-order valence-electron chi connectivity index (χ0n) is 15.9. The number of aromatic nitrogens is 3. The minimum atomic E-state index is -0.183. The van der Waals surface area contributed by atoms with Crippen LogP contribution in [0.2, 0.25) is 0 Å². The second-order valence-corrected chi connectivity index (χ2v) is 6.43. The fraction of sp³-hybridized carbons (Fsp3) is 0.0870. The molecule has 4 rings (SSSR count). The monoisotopic (exact) mass is 384 g/mol. The van der Waals surface area contributed by atoms with Crippen molar-refractivity contribution < 1.29 is 9.53 Å². The third-order valence-corrected chi connectivity index (χ3v) is 4.40. The average Bonchev–Trinajstić information content (AvgIpc) is 3.19. The summed E-state index contributed by atoms with van der Waals surface area (Å²) in [7, 11) is 1.60. The second kappa shape index (κ2) is 8.39. The van der Waals surface area contributed by atoms with E-state index >= 15 is 0 Å². The molecule has 0 aliphatic carbocycles. The van der Waals surface area contributed by atoms with Gasteiger partial charge in [0.25, 0.3) is 0 Å². The fourth-order valence-electron chi connectivity index (χ4n) is 2.97. The molecule has 144 valence electrons. The lowest BCUT2D eigenvalue weighted by molar-refractivity contribution is -0.116. The van der Waals surface area contributed by atoms with Gasteiger partial charge >= 0.3 is 0 Å². The predicted molar refractivity (Wildman–Crippen MR) is 113 cm³/mol. The van der Waals surface area contributed by atoms with Crippen LogP contribution in [0.25, 0.3) is 22.8 Å². The lowest BCUT2D eigenvalue weighted by Crippen LogP contribution is -2.20. The van der Waals surface area contributed by atoms with Gasteiger partial charge in [-0.1, -0.05) is 60.7 Å². The Morgan fingerprint density at radius 2 is 1.52 bits per heavy atom. The van der Waals surface area contributed by atoms with Crippen molar-refractivity contribution in [3.05, 3.63) is 84.9 Å². The van der Waals surface area contributed by atoms with E-state index in [0.717, 1.165) is 16.9 Å². The molecule has 0 spiro atoms. The Hall–Kier alpha value is -3.93. The van der Waals surface area contributed by atoms with Crippen molar-refractivity contribution in [3.63, 3.8) is 0 Å². The van der Waals surface area contributed by atoms with Crippen molar-refractivity contribution in [2.45, 2.75) is 6.54 Å². The van der Waals surface area contributed by atoms with Crippen LogP contribution in [0.1, 0.15) is 0 Å². The summed E-state index contributed by atoms with van der Waals surface area (Å²) >= 11 is 0. The van der Waals surface area contributed by atoms with Crippen LogP contribution >= 0.6 is 0 Å². The molecule has 0 aliphatic rings. The zero-order valence-corrected chi connectivity index (χ0v) is 15.9. The van der Waals surface area contributed by atoms with Crippen molar-refractivity contribution in [2.75, 3.05) is 12.4 Å². The molecule has 0 aliphatic heterocycles. The fourth-order valence-corrected chi connectivity index (χ4v) is 2.97. The van der Waals surface area contributed by atoms with E-state index in [4.69, 9.17) is 4.74 Å². The summed E-state index contributed by atoms with van der Waals surface area (Å²) in [5.74, 6) is 1.78. The van der Waals surface area contributed by atoms with E-state index in [2.05, 4.69) is 15.4 Å². The molecule has 0 saturated carbocycles. The number of methoxy groups -OCH3 is 1. The first-order valence-corrected chi connectivity index (χ1v) is 9.22. The molecular weight excluding hydrogens is 364 g/mol. The third kappa shape index (κ3) is 4.32. The van der Waals surface area contributed by atoms with Gasteiger partial charge < -0.3 is 10.1 Å². The van der Waals surface area contributed by atoms with Crippen molar-refractivity contribution in [3.8, 4) is 28.5 Å². The topological polar surface area (TPSA) is 69.0 Å².